The van der Waals surface area contributed by atoms with Gasteiger partial charge in [0.2, 0.25) is 0 Å². The second-order valence-corrected chi connectivity index (χ2v) is 7.99. The highest BCUT2D eigenvalue weighted by Gasteiger charge is 2.25. The van der Waals surface area contributed by atoms with E-state index in [1.54, 1.807) is 6.33 Å². The molecule has 4 nitrogen and oxygen atoms in total. The van der Waals surface area contributed by atoms with Gasteiger partial charge in [0.25, 0.3) is 0 Å². The Kier molecular flexibility index (Phi) is 3.78. The highest BCUT2D eigenvalue weighted by molar-refractivity contribution is 7.19. The van der Waals surface area contributed by atoms with Gasteiger partial charge in [-0.3, -0.25) is 0 Å². The van der Waals surface area contributed by atoms with Gasteiger partial charge in [-0.1, -0.05) is 6.92 Å². The molecule has 2 heterocycles. The van der Waals surface area contributed by atoms with Crippen LogP contribution >= 0.6 is 11.3 Å². The second kappa shape index (κ2) is 5.78. The molecule has 22 heavy (non-hydrogen) atoms. The van der Waals surface area contributed by atoms with Crippen molar-refractivity contribution >= 4 is 27.4 Å². The third kappa shape index (κ3) is 2.61. The molecule has 0 spiro atoms. The lowest BCUT2D eigenvalue weighted by molar-refractivity contribution is 0.126. The largest absolute Gasteiger partial charge is 0.393 e. The molecule has 0 aromatic carbocycles. The Morgan fingerprint density at radius 3 is 2.82 bits per heavy atom. The monoisotopic (exact) mass is 317 g/mol. The molecule has 1 atom stereocenters. The third-order valence-corrected chi connectivity index (χ3v) is 6.29. The molecule has 1 fully saturated rings. The minimum absolute atomic E-state index is 0.112. The summed E-state index contributed by atoms with van der Waals surface area (Å²) in [7, 11) is 0. The van der Waals surface area contributed by atoms with Gasteiger partial charge in [0.05, 0.1) is 11.5 Å². The van der Waals surface area contributed by atoms with Crippen molar-refractivity contribution < 1.29 is 5.11 Å². The summed E-state index contributed by atoms with van der Waals surface area (Å²) in [5, 5.41) is 14.6. The fourth-order valence-electron chi connectivity index (χ4n) is 3.80. The van der Waals surface area contributed by atoms with Gasteiger partial charge in [0.1, 0.15) is 17.0 Å². The molecule has 0 aliphatic heterocycles. The van der Waals surface area contributed by atoms with E-state index in [9.17, 15) is 5.11 Å². The topological polar surface area (TPSA) is 58.0 Å². The van der Waals surface area contributed by atoms with Crippen molar-refractivity contribution in [3.8, 4) is 0 Å². The minimum atomic E-state index is -0.112. The van der Waals surface area contributed by atoms with Crippen molar-refractivity contribution in [2.75, 3.05) is 5.32 Å². The van der Waals surface area contributed by atoms with Gasteiger partial charge in [-0.2, -0.15) is 0 Å². The molecule has 2 N–H and O–H groups in total. The smallest absolute Gasteiger partial charge is 0.138 e. The lowest BCUT2D eigenvalue weighted by Crippen LogP contribution is -2.28. The zero-order chi connectivity index (χ0) is 15.1. The Bertz CT molecular complexity index is 676. The molecule has 0 unspecified atom stereocenters. The van der Waals surface area contributed by atoms with Gasteiger partial charge < -0.3 is 10.4 Å². The van der Waals surface area contributed by atoms with Crippen LogP contribution in [0.3, 0.4) is 0 Å². The minimum Gasteiger partial charge on any atom is -0.393 e. The molecule has 1 saturated carbocycles. The highest BCUT2D eigenvalue weighted by atomic mass is 32.1. The van der Waals surface area contributed by atoms with E-state index < -0.39 is 0 Å². The van der Waals surface area contributed by atoms with Crippen LogP contribution in [0, 0.1) is 5.92 Å². The van der Waals surface area contributed by atoms with Gasteiger partial charge in [0.15, 0.2) is 0 Å². The fraction of sp³-hybridized carbons (Fsp3) is 0.647. The molecular weight excluding hydrogens is 294 g/mol. The van der Waals surface area contributed by atoms with Gasteiger partial charge in [0, 0.05) is 10.9 Å². The van der Waals surface area contributed by atoms with E-state index in [0.717, 1.165) is 48.7 Å². The SMILES string of the molecule is C[C@@H]1CCc2c(sc3ncnc(NC4CCC(O)CC4)c23)C1. The summed E-state index contributed by atoms with van der Waals surface area (Å²) in [5.74, 6) is 1.79. The van der Waals surface area contributed by atoms with E-state index in [0.29, 0.717) is 6.04 Å². The number of thiophene rings is 1. The molecule has 0 amide bonds. The molecule has 5 heteroatoms. The van der Waals surface area contributed by atoms with E-state index in [1.807, 2.05) is 11.3 Å². The first-order valence-corrected chi connectivity index (χ1v) is 9.22. The van der Waals surface area contributed by atoms with Gasteiger partial charge >= 0.3 is 0 Å². The second-order valence-electron chi connectivity index (χ2n) is 6.90. The maximum absolute atomic E-state index is 9.66. The zero-order valence-corrected chi connectivity index (χ0v) is 13.8. The van der Waals surface area contributed by atoms with E-state index in [4.69, 9.17) is 0 Å². The maximum Gasteiger partial charge on any atom is 0.138 e. The van der Waals surface area contributed by atoms with Crippen molar-refractivity contribution in [3.63, 3.8) is 0 Å². The average Bonchev–Trinajstić information content (AvgIpc) is 2.88. The number of rotatable bonds is 2. The lowest BCUT2D eigenvalue weighted by atomic mass is 9.89. The lowest BCUT2D eigenvalue weighted by Gasteiger charge is -2.27. The first kappa shape index (κ1) is 14.4. The molecule has 2 aromatic heterocycles. The third-order valence-electron chi connectivity index (χ3n) is 5.13. The first-order valence-electron chi connectivity index (χ1n) is 8.40. The van der Waals surface area contributed by atoms with Crippen molar-refractivity contribution in [3.05, 3.63) is 16.8 Å². The summed E-state index contributed by atoms with van der Waals surface area (Å²) in [4.78, 5) is 11.7. The van der Waals surface area contributed by atoms with Crippen LogP contribution in [0.15, 0.2) is 6.33 Å². The standard InChI is InChI=1S/C17H23N3OS/c1-10-2-7-13-14(8-10)22-17-15(13)16(18-9-19-17)20-11-3-5-12(21)6-4-11/h9-12,21H,2-8H2,1H3,(H,18,19,20)/t10-,11?,12?/m1/s1. The summed E-state index contributed by atoms with van der Waals surface area (Å²) < 4.78 is 0. The van der Waals surface area contributed by atoms with E-state index in [2.05, 4.69) is 22.2 Å². The molecule has 0 bridgehead atoms. The number of fused-ring (bicyclic) bond motifs is 3. The number of nitrogens with one attached hydrogen (secondary N) is 1. The Balaban J connectivity index is 1.66. The van der Waals surface area contributed by atoms with Crippen LogP contribution < -0.4 is 5.32 Å². The van der Waals surface area contributed by atoms with Crippen molar-refractivity contribution in [2.24, 2.45) is 5.92 Å². The highest BCUT2D eigenvalue weighted by Crippen LogP contribution is 2.40. The van der Waals surface area contributed by atoms with Gasteiger partial charge in [-0.15, -0.1) is 11.3 Å². The fourth-order valence-corrected chi connectivity index (χ4v) is 5.15. The van der Waals surface area contributed by atoms with Crippen molar-refractivity contribution in [1.29, 1.82) is 0 Å². The Morgan fingerprint density at radius 1 is 1.18 bits per heavy atom. The van der Waals surface area contributed by atoms with Gasteiger partial charge in [-0.25, -0.2) is 9.97 Å². The molecule has 0 saturated heterocycles. The van der Waals surface area contributed by atoms with Crippen LogP contribution in [0.5, 0.6) is 0 Å². The number of hydrogen-bond donors (Lipinski definition) is 2. The Labute approximate surface area is 135 Å². The summed E-state index contributed by atoms with van der Waals surface area (Å²) in [6.45, 7) is 2.34. The molecular formula is C17H23N3OS. The van der Waals surface area contributed by atoms with Crippen LogP contribution in [0.1, 0.15) is 49.5 Å². The zero-order valence-electron chi connectivity index (χ0n) is 13.0. The summed E-state index contributed by atoms with van der Waals surface area (Å²) >= 11 is 1.85. The van der Waals surface area contributed by atoms with Crippen molar-refractivity contribution in [1.82, 2.24) is 9.97 Å². The molecule has 2 aromatic rings. The molecule has 2 aliphatic carbocycles. The molecule has 4 rings (SSSR count). The predicted octanol–water partition coefficient (Wildman–Crippen LogP) is 3.53. The van der Waals surface area contributed by atoms with Crippen molar-refractivity contribution in [2.45, 2.75) is 64.0 Å². The summed E-state index contributed by atoms with van der Waals surface area (Å²) in [6, 6.07) is 0.430. The number of aliphatic hydroxyl groups is 1. The number of nitrogens with zero attached hydrogens (tertiary/aromatic N) is 2. The van der Waals surface area contributed by atoms with Gasteiger partial charge in [-0.05, 0) is 56.4 Å². The number of hydrogen-bond acceptors (Lipinski definition) is 5. The van der Waals surface area contributed by atoms with Crippen LogP contribution in [-0.2, 0) is 12.8 Å². The summed E-state index contributed by atoms with van der Waals surface area (Å²) in [6.07, 6.45) is 9.02. The van der Waals surface area contributed by atoms with E-state index >= 15 is 0 Å². The Hall–Kier alpha value is -1.20. The van der Waals surface area contributed by atoms with Crippen LogP contribution in [0.4, 0.5) is 5.82 Å². The number of aromatic nitrogens is 2. The number of aliphatic hydroxyl groups excluding tert-OH is 1. The molecule has 0 radical (unpaired) electrons. The van der Waals surface area contributed by atoms with Crippen LogP contribution in [-0.4, -0.2) is 27.2 Å². The van der Waals surface area contributed by atoms with Crippen LogP contribution in [0.25, 0.3) is 10.2 Å². The van der Waals surface area contributed by atoms with E-state index in [1.165, 1.54) is 28.7 Å². The predicted molar refractivity (Wildman–Crippen MR) is 90.5 cm³/mol. The van der Waals surface area contributed by atoms with E-state index in [-0.39, 0.29) is 6.10 Å². The molecule has 118 valence electrons. The quantitative estimate of drug-likeness (QED) is 0.889. The molecule has 2 aliphatic rings. The Morgan fingerprint density at radius 2 is 2.00 bits per heavy atom. The summed E-state index contributed by atoms with van der Waals surface area (Å²) in [5.41, 5.74) is 1.48. The maximum atomic E-state index is 9.66. The van der Waals surface area contributed by atoms with Crippen LogP contribution in [0.2, 0.25) is 0 Å². The average molecular weight is 317 g/mol. The first-order chi connectivity index (χ1) is 10.7. The number of aryl methyl sites for hydroxylation is 1. The number of anilines is 1. The normalized spacial score (nSPS) is 28.5.